The summed E-state index contributed by atoms with van der Waals surface area (Å²) in [4.78, 5) is 9.25. The molecule has 3 rings (SSSR count). The van der Waals surface area contributed by atoms with Gasteiger partial charge in [0.2, 0.25) is 0 Å². The Morgan fingerprint density at radius 3 is 2.52 bits per heavy atom. The molecule has 106 valence electrons. The molecule has 4 heteroatoms. The molecule has 0 bridgehead atoms. The number of hydrogen-bond donors (Lipinski definition) is 1. The lowest BCUT2D eigenvalue weighted by Crippen LogP contribution is -2.00. The topological polar surface area (TPSA) is 37.8 Å². The number of rotatable bonds is 2. The second-order valence-electron chi connectivity index (χ2n) is 5.08. The summed E-state index contributed by atoms with van der Waals surface area (Å²) in [5.74, 6) is 1.14. The van der Waals surface area contributed by atoms with Crippen LogP contribution in [0.4, 0.5) is 10.2 Å². The van der Waals surface area contributed by atoms with Crippen LogP contribution in [-0.2, 0) is 0 Å². The van der Waals surface area contributed by atoms with Gasteiger partial charge < -0.3 is 5.32 Å². The lowest BCUT2D eigenvalue weighted by atomic mass is 10.1. The first-order valence-electron chi connectivity index (χ1n) is 6.82. The van der Waals surface area contributed by atoms with Gasteiger partial charge in [0.15, 0.2) is 5.82 Å². The van der Waals surface area contributed by atoms with E-state index in [1.807, 2.05) is 39.1 Å². The molecule has 0 radical (unpaired) electrons. The Hall–Kier alpha value is -2.49. The first kappa shape index (κ1) is 13.5. The average molecular weight is 281 g/mol. The van der Waals surface area contributed by atoms with Crippen LogP contribution >= 0.6 is 0 Å². The minimum Gasteiger partial charge on any atom is -0.373 e. The molecule has 21 heavy (non-hydrogen) atoms. The lowest BCUT2D eigenvalue weighted by molar-refractivity contribution is 0.627. The van der Waals surface area contributed by atoms with Crippen LogP contribution in [0.3, 0.4) is 0 Å². The third kappa shape index (κ3) is 2.33. The summed E-state index contributed by atoms with van der Waals surface area (Å²) < 4.78 is 13.3. The van der Waals surface area contributed by atoms with Gasteiger partial charge in [-0.3, -0.25) is 0 Å². The Bertz CT molecular complexity index is 828. The van der Waals surface area contributed by atoms with Gasteiger partial charge in [-0.1, -0.05) is 12.1 Å². The predicted octanol–water partition coefficient (Wildman–Crippen LogP) is 4.09. The third-order valence-corrected chi connectivity index (χ3v) is 3.59. The van der Waals surface area contributed by atoms with Gasteiger partial charge in [0, 0.05) is 18.0 Å². The molecule has 1 aromatic heterocycles. The monoisotopic (exact) mass is 281 g/mol. The first-order chi connectivity index (χ1) is 10.1. The molecule has 0 amide bonds. The molecule has 0 saturated carbocycles. The Balaban J connectivity index is 2.31. The van der Waals surface area contributed by atoms with E-state index in [0.717, 1.165) is 33.4 Å². The normalized spacial score (nSPS) is 10.9. The maximum absolute atomic E-state index is 13.3. The van der Waals surface area contributed by atoms with E-state index >= 15 is 0 Å². The minimum absolute atomic E-state index is 0.248. The van der Waals surface area contributed by atoms with E-state index in [0.29, 0.717) is 5.82 Å². The van der Waals surface area contributed by atoms with Crippen molar-refractivity contribution in [2.45, 2.75) is 13.8 Å². The quantitative estimate of drug-likeness (QED) is 0.768. The second-order valence-corrected chi connectivity index (χ2v) is 5.08. The molecule has 3 nitrogen and oxygen atoms in total. The van der Waals surface area contributed by atoms with Crippen LogP contribution in [0.2, 0.25) is 0 Å². The Morgan fingerprint density at radius 1 is 1.00 bits per heavy atom. The summed E-state index contributed by atoms with van der Waals surface area (Å²) in [5, 5.41) is 4.10. The number of anilines is 1. The molecule has 1 N–H and O–H groups in total. The van der Waals surface area contributed by atoms with Crippen LogP contribution in [0, 0.1) is 19.7 Å². The van der Waals surface area contributed by atoms with Crippen molar-refractivity contribution in [2.24, 2.45) is 0 Å². The molecule has 2 aromatic carbocycles. The number of nitrogens with zero attached hydrogens (tertiary/aromatic N) is 2. The molecule has 0 spiro atoms. The van der Waals surface area contributed by atoms with Crippen LogP contribution in [0.15, 0.2) is 36.4 Å². The maximum atomic E-state index is 13.3. The van der Waals surface area contributed by atoms with Gasteiger partial charge in [-0.05, 0) is 49.2 Å². The van der Waals surface area contributed by atoms with E-state index in [4.69, 9.17) is 0 Å². The highest BCUT2D eigenvalue weighted by Crippen LogP contribution is 2.28. The number of nitrogens with one attached hydrogen (secondary N) is 1. The van der Waals surface area contributed by atoms with Crippen molar-refractivity contribution in [2.75, 3.05) is 12.4 Å². The number of aryl methyl sites for hydroxylation is 2. The Kier molecular flexibility index (Phi) is 3.29. The van der Waals surface area contributed by atoms with Gasteiger partial charge in [0.05, 0.1) is 5.52 Å². The first-order valence-corrected chi connectivity index (χ1v) is 6.82. The van der Waals surface area contributed by atoms with E-state index < -0.39 is 0 Å². The predicted molar refractivity (Wildman–Crippen MR) is 84.0 cm³/mol. The highest BCUT2D eigenvalue weighted by atomic mass is 19.1. The number of halogens is 1. The van der Waals surface area contributed by atoms with E-state index in [2.05, 4.69) is 15.3 Å². The maximum Gasteiger partial charge on any atom is 0.162 e. The van der Waals surface area contributed by atoms with E-state index in [9.17, 15) is 4.39 Å². The van der Waals surface area contributed by atoms with Crippen molar-refractivity contribution >= 4 is 16.7 Å². The standard InChI is InChI=1S/C17H16FN3/c1-10-5-4-6-14-15(10)20-17(21-16(14)19-3)13-8-7-12(18)9-11(13)2/h4-9H,1-3H3,(H,19,20,21). The third-order valence-electron chi connectivity index (χ3n) is 3.59. The van der Waals surface area contributed by atoms with Crippen LogP contribution in [0.25, 0.3) is 22.3 Å². The number of benzene rings is 2. The summed E-state index contributed by atoms with van der Waals surface area (Å²) in [7, 11) is 1.84. The number of para-hydroxylation sites is 1. The van der Waals surface area contributed by atoms with Crippen molar-refractivity contribution in [3.05, 3.63) is 53.3 Å². The van der Waals surface area contributed by atoms with E-state index in [1.54, 1.807) is 6.07 Å². The fraction of sp³-hybridized carbons (Fsp3) is 0.176. The molecule has 3 aromatic rings. The molecular weight excluding hydrogens is 265 g/mol. The van der Waals surface area contributed by atoms with Gasteiger partial charge >= 0.3 is 0 Å². The van der Waals surface area contributed by atoms with Gasteiger partial charge in [-0.25, -0.2) is 14.4 Å². The van der Waals surface area contributed by atoms with Crippen molar-refractivity contribution in [1.29, 1.82) is 0 Å². The van der Waals surface area contributed by atoms with Gasteiger partial charge in [-0.2, -0.15) is 0 Å². The van der Waals surface area contributed by atoms with Gasteiger partial charge in [-0.15, -0.1) is 0 Å². The van der Waals surface area contributed by atoms with Crippen LogP contribution < -0.4 is 5.32 Å². The zero-order valence-corrected chi connectivity index (χ0v) is 12.2. The smallest absolute Gasteiger partial charge is 0.162 e. The molecular formula is C17H16FN3. The Labute approximate surface area is 122 Å². The summed E-state index contributed by atoms with van der Waals surface area (Å²) in [5.41, 5.74) is 3.67. The highest BCUT2D eigenvalue weighted by molar-refractivity contribution is 5.92. The van der Waals surface area contributed by atoms with Crippen molar-refractivity contribution in [3.63, 3.8) is 0 Å². The number of fused-ring (bicyclic) bond motifs is 1. The van der Waals surface area contributed by atoms with Crippen LogP contribution in [-0.4, -0.2) is 17.0 Å². The Morgan fingerprint density at radius 2 is 1.81 bits per heavy atom. The molecule has 0 unspecified atom stereocenters. The molecule has 0 aliphatic carbocycles. The SMILES string of the molecule is CNc1nc(-c2ccc(F)cc2C)nc2c(C)cccc12. The van der Waals surface area contributed by atoms with Crippen molar-refractivity contribution in [3.8, 4) is 11.4 Å². The van der Waals surface area contributed by atoms with Crippen molar-refractivity contribution < 1.29 is 4.39 Å². The zero-order valence-electron chi connectivity index (χ0n) is 12.2. The summed E-state index contributed by atoms with van der Waals surface area (Å²) >= 11 is 0. The molecule has 1 heterocycles. The van der Waals surface area contributed by atoms with Crippen LogP contribution in [0.5, 0.6) is 0 Å². The fourth-order valence-corrected chi connectivity index (χ4v) is 2.48. The molecule has 0 aliphatic heterocycles. The van der Waals surface area contributed by atoms with Gasteiger partial charge in [0.25, 0.3) is 0 Å². The summed E-state index contributed by atoms with van der Waals surface area (Å²) in [6.07, 6.45) is 0. The van der Waals surface area contributed by atoms with Gasteiger partial charge in [0.1, 0.15) is 11.6 Å². The largest absolute Gasteiger partial charge is 0.373 e. The highest BCUT2D eigenvalue weighted by Gasteiger charge is 2.12. The van der Waals surface area contributed by atoms with E-state index in [1.165, 1.54) is 12.1 Å². The van der Waals surface area contributed by atoms with Crippen molar-refractivity contribution in [1.82, 2.24) is 9.97 Å². The van der Waals surface area contributed by atoms with Crippen LogP contribution in [0.1, 0.15) is 11.1 Å². The van der Waals surface area contributed by atoms with E-state index in [-0.39, 0.29) is 5.82 Å². The second kappa shape index (κ2) is 5.13. The zero-order chi connectivity index (χ0) is 15.0. The minimum atomic E-state index is -0.248. The molecule has 0 saturated heterocycles. The average Bonchev–Trinajstić information content (AvgIpc) is 2.47. The molecule has 0 atom stereocenters. The number of hydrogen-bond acceptors (Lipinski definition) is 3. The lowest BCUT2D eigenvalue weighted by Gasteiger charge is -2.11. The summed E-state index contributed by atoms with van der Waals surface area (Å²) in [6, 6.07) is 10.7. The molecule has 0 aliphatic rings. The fourth-order valence-electron chi connectivity index (χ4n) is 2.48. The summed E-state index contributed by atoms with van der Waals surface area (Å²) in [6.45, 7) is 3.89. The number of aromatic nitrogens is 2. The molecule has 0 fully saturated rings.